The SMILES string of the molecule is COc1cc(C)c(CN2CCCC(CCN)C2)cc1OC.Cl. The summed E-state index contributed by atoms with van der Waals surface area (Å²) < 4.78 is 10.8. The van der Waals surface area contributed by atoms with E-state index in [4.69, 9.17) is 15.2 Å². The molecule has 1 saturated heterocycles. The number of ether oxygens (including phenoxy) is 2. The number of piperidine rings is 1. The van der Waals surface area contributed by atoms with Gasteiger partial charge in [0.15, 0.2) is 11.5 Å². The lowest BCUT2D eigenvalue weighted by Crippen LogP contribution is -2.35. The molecule has 2 rings (SSSR count). The summed E-state index contributed by atoms with van der Waals surface area (Å²) in [6.45, 7) is 6.25. The van der Waals surface area contributed by atoms with Gasteiger partial charge in [0.25, 0.3) is 0 Å². The Morgan fingerprint density at radius 3 is 2.55 bits per heavy atom. The highest BCUT2D eigenvalue weighted by Crippen LogP contribution is 2.31. The Bertz CT molecular complexity index is 466. The quantitative estimate of drug-likeness (QED) is 0.872. The molecule has 1 heterocycles. The summed E-state index contributed by atoms with van der Waals surface area (Å²) in [5.41, 5.74) is 8.28. The molecule has 5 heteroatoms. The van der Waals surface area contributed by atoms with Crippen LogP contribution >= 0.6 is 12.4 Å². The first kappa shape index (κ1) is 19.1. The van der Waals surface area contributed by atoms with Gasteiger partial charge in [0.1, 0.15) is 0 Å². The molecule has 4 nitrogen and oxygen atoms in total. The molecule has 0 saturated carbocycles. The van der Waals surface area contributed by atoms with Crippen LogP contribution in [0.5, 0.6) is 11.5 Å². The van der Waals surface area contributed by atoms with E-state index >= 15 is 0 Å². The number of hydrogen-bond acceptors (Lipinski definition) is 4. The van der Waals surface area contributed by atoms with Crippen molar-refractivity contribution in [2.24, 2.45) is 11.7 Å². The summed E-state index contributed by atoms with van der Waals surface area (Å²) in [6.07, 6.45) is 3.73. The van der Waals surface area contributed by atoms with Gasteiger partial charge in [-0.1, -0.05) is 0 Å². The lowest BCUT2D eigenvalue weighted by molar-refractivity contribution is 0.162. The molecule has 0 bridgehead atoms. The standard InChI is InChI=1S/C17H28N2O2.ClH/c1-13-9-16(20-2)17(21-3)10-15(13)12-19-8-4-5-14(11-19)6-7-18;/h9-10,14H,4-8,11-12,18H2,1-3H3;1H. The molecule has 1 fully saturated rings. The summed E-state index contributed by atoms with van der Waals surface area (Å²) in [5, 5.41) is 0. The largest absolute Gasteiger partial charge is 0.493 e. The van der Waals surface area contributed by atoms with E-state index in [0.29, 0.717) is 0 Å². The van der Waals surface area contributed by atoms with Gasteiger partial charge in [0.05, 0.1) is 14.2 Å². The molecule has 0 radical (unpaired) electrons. The zero-order valence-electron chi connectivity index (χ0n) is 13.9. The molecule has 0 aliphatic carbocycles. The average Bonchev–Trinajstić information content (AvgIpc) is 2.49. The van der Waals surface area contributed by atoms with E-state index in [1.165, 1.54) is 30.5 Å². The Hall–Kier alpha value is -0.970. The monoisotopic (exact) mass is 328 g/mol. The molecule has 22 heavy (non-hydrogen) atoms. The number of rotatable bonds is 6. The minimum atomic E-state index is 0. The van der Waals surface area contributed by atoms with Crippen molar-refractivity contribution in [3.8, 4) is 11.5 Å². The van der Waals surface area contributed by atoms with Crippen LogP contribution in [0.15, 0.2) is 12.1 Å². The second-order valence-electron chi connectivity index (χ2n) is 5.95. The van der Waals surface area contributed by atoms with Crippen LogP contribution in [-0.2, 0) is 6.54 Å². The summed E-state index contributed by atoms with van der Waals surface area (Å²) in [4.78, 5) is 2.54. The van der Waals surface area contributed by atoms with Crippen molar-refractivity contribution in [1.82, 2.24) is 4.90 Å². The van der Waals surface area contributed by atoms with E-state index in [-0.39, 0.29) is 12.4 Å². The van der Waals surface area contributed by atoms with E-state index in [0.717, 1.165) is 43.5 Å². The molecule has 1 aromatic rings. The van der Waals surface area contributed by atoms with Crippen LogP contribution in [0, 0.1) is 12.8 Å². The predicted octanol–water partition coefficient (Wildman–Crippen LogP) is 2.99. The van der Waals surface area contributed by atoms with Crippen LogP contribution in [0.4, 0.5) is 0 Å². The number of hydrogen-bond donors (Lipinski definition) is 1. The maximum atomic E-state index is 5.70. The fourth-order valence-corrected chi connectivity index (χ4v) is 3.20. The Kier molecular flexibility index (Phi) is 8.01. The van der Waals surface area contributed by atoms with Crippen molar-refractivity contribution in [3.63, 3.8) is 0 Å². The van der Waals surface area contributed by atoms with Gasteiger partial charge in [-0.25, -0.2) is 0 Å². The van der Waals surface area contributed by atoms with Crippen LogP contribution in [0.1, 0.15) is 30.4 Å². The third kappa shape index (κ3) is 4.77. The van der Waals surface area contributed by atoms with Crippen LogP contribution in [-0.4, -0.2) is 38.8 Å². The molecule has 2 N–H and O–H groups in total. The number of nitrogens with two attached hydrogens (primary N) is 1. The van der Waals surface area contributed by atoms with Crippen LogP contribution in [0.25, 0.3) is 0 Å². The van der Waals surface area contributed by atoms with Crippen molar-refractivity contribution < 1.29 is 9.47 Å². The van der Waals surface area contributed by atoms with Crippen LogP contribution in [0.3, 0.4) is 0 Å². The van der Waals surface area contributed by atoms with Gasteiger partial charge in [0, 0.05) is 13.1 Å². The van der Waals surface area contributed by atoms with Gasteiger partial charge in [-0.15, -0.1) is 12.4 Å². The zero-order valence-corrected chi connectivity index (χ0v) is 14.7. The zero-order chi connectivity index (χ0) is 15.2. The Labute approximate surface area is 140 Å². The number of likely N-dealkylation sites (tertiary alicyclic amines) is 1. The third-order valence-corrected chi connectivity index (χ3v) is 4.41. The minimum Gasteiger partial charge on any atom is -0.493 e. The first-order valence-electron chi connectivity index (χ1n) is 7.81. The van der Waals surface area contributed by atoms with E-state index in [9.17, 15) is 0 Å². The molecule has 1 aliphatic heterocycles. The molecule has 1 atom stereocenters. The van der Waals surface area contributed by atoms with Gasteiger partial charge in [-0.05, 0) is 68.5 Å². The maximum absolute atomic E-state index is 5.70. The van der Waals surface area contributed by atoms with Crippen LogP contribution in [0.2, 0.25) is 0 Å². The molecule has 1 aromatic carbocycles. The number of halogens is 1. The average molecular weight is 329 g/mol. The van der Waals surface area contributed by atoms with E-state index in [1.807, 2.05) is 0 Å². The highest BCUT2D eigenvalue weighted by atomic mass is 35.5. The van der Waals surface area contributed by atoms with Gasteiger partial charge < -0.3 is 15.2 Å². The fourth-order valence-electron chi connectivity index (χ4n) is 3.20. The topological polar surface area (TPSA) is 47.7 Å². The Balaban J connectivity index is 0.00000242. The normalized spacial score (nSPS) is 18.6. The summed E-state index contributed by atoms with van der Waals surface area (Å²) in [5.74, 6) is 2.37. The Morgan fingerprint density at radius 1 is 1.23 bits per heavy atom. The minimum absolute atomic E-state index is 0. The maximum Gasteiger partial charge on any atom is 0.161 e. The number of methoxy groups -OCH3 is 2. The summed E-state index contributed by atoms with van der Waals surface area (Å²) >= 11 is 0. The highest BCUT2D eigenvalue weighted by Gasteiger charge is 2.20. The van der Waals surface area contributed by atoms with Gasteiger partial charge in [-0.3, -0.25) is 4.90 Å². The van der Waals surface area contributed by atoms with E-state index in [1.54, 1.807) is 14.2 Å². The lowest BCUT2D eigenvalue weighted by atomic mass is 9.94. The Morgan fingerprint density at radius 2 is 1.91 bits per heavy atom. The summed E-state index contributed by atoms with van der Waals surface area (Å²) in [7, 11) is 3.37. The van der Waals surface area contributed by atoms with E-state index in [2.05, 4.69) is 24.0 Å². The number of benzene rings is 1. The molecular formula is C17H29ClN2O2. The van der Waals surface area contributed by atoms with E-state index < -0.39 is 0 Å². The van der Waals surface area contributed by atoms with Crippen LogP contribution < -0.4 is 15.2 Å². The molecule has 0 spiro atoms. The van der Waals surface area contributed by atoms with Crippen molar-refractivity contribution in [3.05, 3.63) is 23.3 Å². The third-order valence-electron chi connectivity index (χ3n) is 4.41. The molecule has 0 amide bonds. The summed E-state index contributed by atoms with van der Waals surface area (Å²) in [6, 6.07) is 4.18. The van der Waals surface area contributed by atoms with Crippen molar-refractivity contribution in [2.45, 2.75) is 32.7 Å². The fraction of sp³-hybridized carbons (Fsp3) is 0.647. The number of nitrogens with zero attached hydrogens (tertiary/aromatic N) is 1. The molecule has 1 aliphatic rings. The smallest absolute Gasteiger partial charge is 0.161 e. The van der Waals surface area contributed by atoms with Gasteiger partial charge in [-0.2, -0.15) is 0 Å². The first-order chi connectivity index (χ1) is 10.2. The van der Waals surface area contributed by atoms with Crippen molar-refractivity contribution in [2.75, 3.05) is 33.9 Å². The van der Waals surface area contributed by atoms with Gasteiger partial charge in [0.2, 0.25) is 0 Å². The van der Waals surface area contributed by atoms with Gasteiger partial charge >= 0.3 is 0 Å². The molecule has 1 unspecified atom stereocenters. The number of aryl methyl sites for hydroxylation is 1. The highest BCUT2D eigenvalue weighted by molar-refractivity contribution is 5.85. The molecular weight excluding hydrogens is 300 g/mol. The van der Waals surface area contributed by atoms with Crippen molar-refractivity contribution in [1.29, 1.82) is 0 Å². The second kappa shape index (κ2) is 9.23. The second-order valence-corrected chi connectivity index (χ2v) is 5.95. The first-order valence-corrected chi connectivity index (χ1v) is 7.81. The van der Waals surface area contributed by atoms with Crippen molar-refractivity contribution >= 4 is 12.4 Å². The molecule has 0 aromatic heterocycles. The molecule has 126 valence electrons. The lowest BCUT2D eigenvalue weighted by Gasteiger charge is -2.33. The predicted molar refractivity (Wildman–Crippen MR) is 93.2 cm³/mol.